The number of Topliss-reactive ketones (excluding diaryl/α,β-unsaturated/α-hetero) is 1. The first-order valence-corrected chi connectivity index (χ1v) is 6.14. The fraction of sp³-hybridized carbons (Fsp3) is 0.615. The standard InChI is InChI=1S/C11H17NO5.C2H4/c1-3-17-11(16)12-5-4-8(9(13)6-12)7(2)10(14)15;1-2/h7-8H,3-6H2,1-2H3,(H,14,15);1-2H2. The summed E-state index contributed by atoms with van der Waals surface area (Å²) in [5.41, 5.74) is 0. The number of carbonyl (C=O) groups is 3. The van der Waals surface area contributed by atoms with Crippen LogP contribution < -0.4 is 0 Å². The van der Waals surface area contributed by atoms with Gasteiger partial charge in [-0.3, -0.25) is 9.59 Å². The number of piperidine rings is 1. The van der Waals surface area contributed by atoms with Gasteiger partial charge in [-0.05, 0) is 13.3 Å². The lowest BCUT2D eigenvalue weighted by atomic mass is 9.84. The third-order valence-corrected chi connectivity index (χ3v) is 2.99. The van der Waals surface area contributed by atoms with Crippen LogP contribution in [-0.2, 0) is 14.3 Å². The van der Waals surface area contributed by atoms with Crippen molar-refractivity contribution in [3.63, 3.8) is 0 Å². The highest BCUT2D eigenvalue weighted by molar-refractivity contribution is 5.90. The lowest BCUT2D eigenvalue weighted by Crippen LogP contribution is -2.47. The second-order valence-electron chi connectivity index (χ2n) is 4.11. The zero-order chi connectivity index (χ0) is 15.0. The molecule has 19 heavy (non-hydrogen) atoms. The summed E-state index contributed by atoms with van der Waals surface area (Å²) in [6.45, 7) is 9.79. The number of carboxylic acid groups (broad SMARTS) is 1. The molecule has 0 aromatic carbocycles. The molecule has 1 amide bonds. The van der Waals surface area contributed by atoms with Crippen LogP contribution in [0.25, 0.3) is 0 Å². The van der Waals surface area contributed by atoms with E-state index in [0.29, 0.717) is 13.0 Å². The third-order valence-electron chi connectivity index (χ3n) is 2.99. The van der Waals surface area contributed by atoms with Gasteiger partial charge in [-0.1, -0.05) is 6.92 Å². The molecule has 1 fully saturated rings. The minimum Gasteiger partial charge on any atom is -0.481 e. The van der Waals surface area contributed by atoms with Crippen molar-refractivity contribution in [1.82, 2.24) is 4.90 Å². The van der Waals surface area contributed by atoms with Crippen LogP contribution in [0.5, 0.6) is 0 Å². The highest BCUT2D eigenvalue weighted by Crippen LogP contribution is 2.22. The molecule has 6 heteroatoms. The van der Waals surface area contributed by atoms with Gasteiger partial charge in [-0.25, -0.2) is 4.79 Å². The van der Waals surface area contributed by atoms with E-state index in [4.69, 9.17) is 9.84 Å². The maximum Gasteiger partial charge on any atom is 0.410 e. The second-order valence-corrected chi connectivity index (χ2v) is 4.11. The Balaban J connectivity index is 0.00000154. The van der Waals surface area contributed by atoms with E-state index in [2.05, 4.69) is 13.2 Å². The van der Waals surface area contributed by atoms with E-state index in [1.54, 1.807) is 6.92 Å². The van der Waals surface area contributed by atoms with Crippen molar-refractivity contribution in [2.75, 3.05) is 19.7 Å². The number of ketones is 1. The molecule has 2 unspecified atom stereocenters. The highest BCUT2D eigenvalue weighted by atomic mass is 16.6. The van der Waals surface area contributed by atoms with E-state index in [1.807, 2.05) is 0 Å². The van der Waals surface area contributed by atoms with Crippen LogP contribution in [0.4, 0.5) is 4.79 Å². The molecule has 2 atom stereocenters. The van der Waals surface area contributed by atoms with Crippen molar-refractivity contribution in [1.29, 1.82) is 0 Å². The summed E-state index contributed by atoms with van der Waals surface area (Å²) in [6, 6.07) is 0. The monoisotopic (exact) mass is 271 g/mol. The summed E-state index contributed by atoms with van der Waals surface area (Å²) in [5.74, 6) is -2.39. The van der Waals surface area contributed by atoms with Crippen molar-refractivity contribution in [3.05, 3.63) is 13.2 Å². The summed E-state index contributed by atoms with van der Waals surface area (Å²) in [7, 11) is 0. The minimum absolute atomic E-state index is 0.0544. The number of carbonyl (C=O) groups excluding carboxylic acids is 2. The lowest BCUT2D eigenvalue weighted by Gasteiger charge is -2.31. The van der Waals surface area contributed by atoms with E-state index in [0.717, 1.165) is 0 Å². The maximum atomic E-state index is 11.7. The Morgan fingerprint density at radius 1 is 1.53 bits per heavy atom. The van der Waals surface area contributed by atoms with Crippen LogP contribution >= 0.6 is 0 Å². The van der Waals surface area contributed by atoms with Gasteiger partial charge in [0.15, 0.2) is 5.78 Å². The van der Waals surface area contributed by atoms with Crippen LogP contribution in [0.2, 0.25) is 0 Å². The Hall–Kier alpha value is -1.85. The Kier molecular flexibility index (Phi) is 7.48. The fourth-order valence-corrected chi connectivity index (χ4v) is 1.91. The quantitative estimate of drug-likeness (QED) is 0.787. The molecule has 108 valence electrons. The van der Waals surface area contributed by atoms with Gasteiger partial charge in [0.25, 0.3) is 0 Å². The molecule has 0 bridgehead atoms. The molecule has 0 aromatic heterocycles. The van der Waals surface area contributed by atoms with E-state index in [9.17, 15) is 14.4 Å². The Morgan fingerprint density at radius 2 is 2.11 bits per heavy atom. The van der Waals surface area contributed by atoms with Crippen LogP contribution in [0.1, 0.15) is 20.3 Å². The van der Waals surface area contributed by atoms with Crippen molar-refractivity contribution < 1.29 is 24.2 Å². The molecule has 0 spiro atoms. The van der Waals surface area contributed by atoms with Gasteiger partial charge >= 0.3 is 12.1 Å². The molecule has 1 aliphatic heterocycles. The molecule has 1 saturated heterocycles. The molecule has 6 nitrogen and oxygen atoms in total. The van der Waals surface area contributed by atoms with Crippen molar-refractivity contribution in [3.8, 4) is 0 Å². The highest BCUT2D eigenvalue weighted by Gasteiger charge is 2.36. The molecular weight excluding hydrogens is 250 g/mol. The van der Waals surface area contributed by atoms with E-state index >= 15 is 0 Å². The number of nitrogens with zero attached hydrogens (tertiary/aromatic N) is 1. The molecule has 0 aromatic rings. The lowest BCUT2D eigenvalue weighted by molar-refractivity contribution is -0.147. The zero-order valence-corrected chi connectivity index (χ0v) is 11.4. The molecule has 1 aliphatic rings. The molecule has 0 aliphatic carbocycles. The zero-order valence-electron chi connectivity index (χ0n) is 11.4. The number of aliphatic carboxylic acids is 1. The molecule has 1 heterocycles. The number of likely N-dealkylation sites (tertiary alicyclic amines) is 1. The Morgan fingerprint density at radius 3 is 2.53 bits per heavy atom. The number of amides is 1. The number of hydrogen-bond donors (Lipinski definition) is 1. The van der Waals surface area contributed by atoms with Crippen LogP contribution in [0.15, 0.2) is 13.2 Å². The van der Waals surface area contributed by atoms with Gasteiger partial charge in [0, 0.05) is 12.5 Å². The Bertz CT molecular complexity index is 342. The third kappa shape index (κ3) is 4.73. The number of ether oxygens (including phenoxy) is 1. The fourth-order valence-electron chi connectivity index (χ4n) is 1.91. The van der Waals surface area contributed by atoms with E-state index < -0.39 is 23.9 Å². The summed E-state index contributed by atoms with van der Waals surface area (Å²) in [5, 5.41) is 8.85. The predicted molar refractivity (Wildman–Crippen MR) is 69.8 cm³/mol. The molecule has 0 saturated carbocycles. The van der Waals surface area contributed by atoms with Gasteiger partial charge in [-0.15, -0.1) is 13.2 Å². The van der Waals surface area contributed by atoms with E-state index in [-0.39, 0.29) is 18.9 Å². The molecule has 1 N–H and O–H groups in total. The topological polar surface area (TPSA) is 83.9 Å². The summed E-state index contributed by atoms with van der Waals surface area (Å²) in [4.78, 5) is 35.3. The van der Waals surface area contributed by atoms with Gasteiger partial charge in [-0.2, -0.15) is 0 Å². The van der Waals surface area contributed by atoms with Gasteiger partial charge in [0.2, 0.25) is 0 Å². The number of carboxylic acids is 1. The van der Waals surface area contributed by atoms with Crippen molar-refractivity contribution in [2.24, 2.45) is 11.8 Å². The van der Waals surface area contributed by atoms with Crippen LogP contribution in [0.3, 0.4) is 0 Å². The second kappa shape index (κ2) is 8.29. The van der Waals surface area contributed by atoms with Gasteiger partial charge < -0.3 is 14.7 Å². The molecular formula is C13H21NO5. The largest absolute Gasteiger partial charge is 0.481 e. The molecule has 0 radical (unpaired) electrons. The minimum atomic E-state index is -0.979. The van der Waals surface area contributed by atoms with Gasteiger partial charge in [0.05, 0.1) is 19.1 Å². The first-order chi connectivity index (χ1) is 8.97. The van der Waals surface area contributed by atoms with Gasteiger partial charge in [0.1, 0.15) is 0 Å². The van der Waals surface area contributed by atoms with Crippen molar-refractivity contribution in [2.45, 2.75) is 20.3 Å². The Labute approximate surface area is 113 Å². The summed E-state index contributed by atoms with van der Waals surface area (Å²) in [6.07, 6.45) is -0.132. The normalized spacial score (nSPS) is 20.0. The maximum absolute atomic E-state index is 11.7. The van der Waals surface area contributed by atoms with E-state index in [1.165, 1.54) is 11.8 Å². The predicted octanol–water partition coefficient (Wildman–Crippen LogP) is 1.56. The van der Waals surface area contributed by atoms with Crippen LogP contribution in [-0.4, -0.2) is 47.5 Å². The number of rotatable bonds is 3. The smallest absolute Gasteiger partial charge is 0.410 e. The SMILES string of the molecule is C=C.CCOC(=O)N1CCC(C(C)C(=O)O)C(=O)C1. The summed E-state index contributed by atoms with van der Waals surface area (Å²) < 4.78 is 4.79. The first-order valence-electron chi connectivity index (χ1n) is 6.14. The number of hydrogen-bond acceptors (Lipinski definition) is 4. The van der Waals surface area contributed by atoms with Crippen molar-refractivity contribution >= 4 is 17.8 Å². The summed E-state index contributed by atoms with van der Waals surface area (Å²) >= 11 is 0. The average molecular weight is 271 g/mol. The average Bonchev–Trinajstić information content (AvgIpc) is 2.40. The first kappa shape index (κ1) is 17.2. The molecule has 1 rings (SSSR count). The van der Waals surface area contributed by atoms with Crippen LogP contribution in [0, 0.1) is 11.8 Å².